The minimum absolute atomic E-state index is 1.25. The molecule has 0 unspecified atom stereocenters. The molecule has 2 aliphatic rings. The second kappa shape index (κ2) is 7.01. The summed E-state index contributed by atoms with van der Waals surface area (Å²) in [5.41, 5.74) is 8.98. The van der Waals surface area contributed by atoms with Crippen LogP contribution in [0.15, 0.2) is 36.4 Å². The van der Waals surface area contributed by atoms with E-state index in [0.717, 1.165) is 0 Å². The molecule has 0 aliphatic heterocycles. The van der Waals surface area contributed by atoms with Crippen LogP contribution in [-0.2, 0) is 25.7 Å². The molecule has 0 heterocycles. The predicted octanol–water partition coefficient (Wildman–Crippen LogP) is 5.99. The average Bonchev–Trinajstić information content (AvgIpc) is 3.00. The predicted molar refractivity (Wildman–Crippen MR) is 103 cm³/mol. The number of nitrogens with zero attached hydrogens (tertiary/aromatic N) is 1. The van der Waals surface area contributed by atoms with E-state index in [1.54, 1.807) is 22.3 Å². The molecule has 0 saturated carbocycles. The molecule has 0 saturated heterocycles. The van der Waals surface area contributed by atoms with E-state index in [1.165, 1.54) is 75.6 Å². The Hall–Kier alpha value is -1.76. The van der Waals surface area contributed by atoms with Gasteiger partial charge >= 0.3 is 0 Å². The molecule has 0 spiro atoms. The van der Waals surface area contributed by atoms with E-state index in [-0.39, 0.29) is 0 Å². The number of hydrogen-bond donors (Lipinski definition) is 0. The lowest BCUT2D eigenvalue weighted by atomic mass is 10.0. The minimum Gasteiger partial charge on any atom is -0.345 e. The summed E-state index contributed by atoms with van der Waals surface area (Å²) in [4.78, 5) is 2.37. The van der Waals surface area contributed by atoms with Crippen molar-refractivity contribution in [3.63, 3.8) is 0 Å². The first-order chi connectivity index (χ1) is 11.8. The molecule has 0 atom stereocenters. The highest BCUT2D eigenvalue weighted by Gasteiger charge is 2.13. The highest BCUT2D eigenvalue weighted by Crippen LogP contribution is 2.31. The first-order valence-corrected chi connectivity index (χ1v) is 9.78. The van der Waals surface area contributed by atoms with Crippen LogP contribution in [0.4, 0.5) is 11.4 Å². The third-order valence-corrected chi connectivity index (χ3v) is 5.94. The number of rotatable bonds is 2. The summed E-state index contributed by atoms with van der Waals surface area (Å²) in [5.74, 6) is 0. The SMILES string of the molecule is CN(c1ccc2c(c1)CCCCC2)c1ccc2c(c1)CCCCC2. The standard InChI is InChI=1S/C23H29N/c1-24(22-14-12-18-8-4-2-6-10-20(18)16-22)23-15-13-19-9-5-3-7-11-21(19)17-23/h12-17H,2-11H2,1H3. The molecule has 2 aromatic rings. The first kappa shape index (κ1) is 15.7. The van der Waals surface area contributed by atoms with Gasteiger partial charge in [0.15, 0.2) is 0 Å². The lowest BCUT2D eigenvalue weighted by molar-refractivity contribution is 0.711. The van der Waals surface area contributed by atoms with Gasteiger partial charge in [-0.25, -0.2) is 0 Å². The maximum Gasteiger partial charge on any atom is 0.0411 e. The van der Waals surface area contributed by atoms with Crippen LogP contribution in [0.5, 0.6) is 0 Å². The van der Waals surface area contributed by atoms with Gasteiger partial charge in [-0.1, -0.05) is 25.0 Å². The number of anilines is 2. The molecule has 0 radical (unpaired) electrons. The van der Waals surface area contributed by atoms with E-state index in [4.69, 9.17) is 0 Å². The Morgan fingerprint density at radius 2 is 0.958 bits per heavy atom. The summed E-state index contributed by atoms with van der Waals surface area (Å²) in [6.45, 7) is 0. The molecule has 1 heteroatoms. The quantitative estimate of drug-likeness (QED) is 0.614. The molecule has 24 heavy (non-hydrogen) atoms. The molecule has 0 amide bonds. The van der Waals surface area contributed by atoms with Gasteiger partial charge in [0.05, 0.1) is 0 Å². The van der Waals surface area contributed by atoms with Crippen molar-refractivity contribution in [3.05, 3.63) is 58.7 Å². The van der Waals surface area contributed by atoms with E-state index >= 15 is 0 Å². The van der Waals surface area contributed by atoms with E-state index in [1.807, 2.05) is 0 Å². The van der Waals surface area contributed by atoms with Crippen LogP contribution in [0, 0.1) is 0 Å². The van der Waals surface area contributed by atoms with E-state index in [9.17, 15) is 0 Å². The minimum atomic E-state index is 1.25. The zero-order chi connectivity index (χ0) is 16.4. The number of aryl methyl sites for hydroxylation is 4. The van der Waals surface area contributed by atoms with Crippen molar-refractivity contribution < 1.29 is 0 Å². The molecule has 0 fully saturated rings. The number of fused-ring (bicyclic) bond motifs is 2. The maximum absolute atomic E-state index is 2.44. The molecule has 0 N–H and O–H groups in total. The van der Waals surface area contributed by atoms with Gasteiger partial charge in [0.25, 0.3) is 0 Å². The summed E-state index contributed by atoms with van der Waals surface area (Å²) >= 11 is 0. The van der Waals surface area contributed by atoms with E-state index in [0.29, 0.717) is 0 Å². The van der Waals surface area contributed by atoms with Gasteiger partial charge in [-0.2, -0.15) is 0 Å². The summed E-state index contributed by atoms with van der Waals surface area (Å²) in [6.07, 6.45) is 13.2. The van der Waals surface area contributed by atoms with E-state index in [2.05, 4.69) is 48.3 Å². The lowest BCUT2D eigenvalue weighted by Gasteiger charge is -2.22. The normalized spacial score (nSPS) is 17.4. The molecule has 2 aromatic carbocycles. The van der Waals surface area contributed by atoms with Gasteiger partial charge in [-0.05, 0) is 97.9 Å². The Balaban J connectivity index is 1.62. The third kappa shape index (κ3) is 3.22. The van der Waals surface area contributed by atoms with Crippen molar-refractivity contribution in [1.29, 1.82) is 0 Å². The average molecular weight is 319 g/mol. The fourth-order valence-corrected chi connectivity index (χ4v) is 4.36. The number of benzene rings is 2. The Bertz CT molecular complexity index is 654. The number of hydrogen-bond acceptors (Lipinski definition) is 1. The van der Waals surface area contributed by atoms with Crippen LogP contribution in [0.3, 0.4) is 0 Å². The second-order valence-corrected chi connectivity index (χ2v) is 7.59. The van der Waals surface area contributed by atoms with Gasteiger partial charge in [0.2, 0.25) is 0 Å². The second-order valence-electron chi connectivity index (χ2n) is 7.59. The molecular weight excluding hydrogens is 290 g/mol. The van der Waals surface area contributed by atoms with Gasteiger partial charge in [0, 0.05) is 18.4 Å². The van der Waals surface area contributed by atoms with Gasteiger partial charge in [-0.15, -0.1) is 0 Å². The summed E-state index contributed by atoms with van der Waals surface area (Å²) in [7, 11) is 2.22. The topological polar surface area (TPSA) is 3.24 Å². The van der Waals surface area contributed by atoms with Gasteiger partial charge in [0.1, 0.15) is 0 Å². The third-order valence-electron chi connectivity index (χ3n) is 5.94. The molecule has 0 aromatic heterocycles. The molecule has 4 rings (SSSR count). The molecule has 2 aliphatic carbocycles. The lowest BCUT2D eigenvalue weighted by Crippen LogP contribution is -2.11. The highest BCUT2D eigenvalue weighted by atomic mass is 15.1. The van der Waals surface area contributed by atoms with Crippen molar-refractivity contribution in [3.8, 4) is 0 Å². The fourth-order valence-electron chi connectivity index (χ4n) is 4.36. The molecule has 1 nitrogen and oxygen atoms in total. The van der Waals surface area contributed by atoms with Crippen LogP contribution in [-0.4, -0.2) is 7.05 Å². The van der Waals surface area contributed by atoms with Crippen LogP contribution in [0.25, 0.3) is 0 Å². The van der Waals surface area contributed by atoms with E-state index < -0.39 is 0 Å². The summed E-state index contributed by atoms with van der Waals surface area (Å²) in [5, 5.41) is 0. The molecule has 126 valence electrons. The van der Waals surface area contributed by atoms with Gasteiger partial charge in [-0.3, -0.25) is 0 Å². The molecule has 0 bridgehead atoms. The van der Waals surface area contributed by atoms with Crippen molar-refractivity contribution in [1.82, 2.24) is 0 Å². The van der Waals surface area contributed by atoms with Crippen LogP contribution in [0.1, 0.15) is 60.8 Å². The van der Waals surface area contributed by atoms with Crippen molar-refractivity contribution >= 4 is 11.4 Å². The largest absolute Gasteiger partial charge is 0.345 e. The van der Waals surface area contributed by atoms with Crippen molar-refractivity contribution in [2.45, 2.75) is 64.2 Å². The Morgan fingerprint density at radius 1 is 0.542 bits per heavy atom. The molecular formula is C23H29N. The zero-order valence-electron chi connectivity index (χ0n) is 15.0. The Labute approximate surface area is 146 Å². The highest BCUT2D eigenvalue weighted by molar-refractivity contribution is 5.65. The van der Waals surface area contributed by atoms with Crippen LogP contribution < -0.4 is 4.90 Å². The van der Waals surface area contributed by atoms with Gasteiger partial charge < -0.3 is 4.90 Å². The zero-order valence-corrected chi connectivity index (χ0v) is 15.0. The monoisotopic (exact) mass is 319 g/mol. The van der Waals surface area contributed by atoms with Crippen LogP contribution in [0.2, 0.25) is 0 Å². The van der Waals surface area contributed by atoms with Crippen molar-refractivity contribution in [2.24, 2.45) is 0 Å². The van der Waals surface area contributed by atoms with Crippen molar-refractivity contribution in [2.75, 3.05) is 11.9 Å². The maximum atomic E-state index is 2.44. The summed E-state index contributed by atoms with van der Waals surface area (Å²) in [6, 6.07) is 14.2. The summed E-state index contributed by atoms with van der Waals surface area (Å²) < 4.78 is 0. The first-order valence-electron chi connectivity index (χ1n) is 9.78. The van der Waals surface area contributed by atoms with Crippen LogP contribution >= 0.6 is 0 Å². The Morgan fingerprint density at radius 3 is 1.42 bits per heavy atom. The smallest absolute Gasteiger partial charge is 0.0411 e. The fraction of sp³-hybridized carbons (Fsp3) is 0.478. The Kier molecular flexibility index (Phi) is 4.60.